The summed E-state index contributed by atoms with van der Waals surface area (Å²) in [5.74, 6) is 0.525. The summed E-state index contributed by atoms with van der Waals surface area (Å²) in [4.78, 5) is 2.41. The fraction of sp³-hybridized carbons (Fsp3) is 0.714. The average molecular weight is 320 g/mol. The molecule has 0 aromatic heterocycles. The summed E-state index contributed by atoms with van der Waals surface area (Å²) in [6.07, 6.45) is 12.1. The quantitative estimate of drug-likeness (QED) is 0.430. The highest BCUT2D eigenvalue weighted by Gasteiger charge is 2.13. The number of aryl methyl sites for hydroxylation is 1. The number of phenolic OH excluding ortho intramolecular Hbond substituents is 1. The number of hydrogen-bond acceptors (Lipinski definition) is 2. The lowest BCUT2D eigenvalue weighted by Gasteiger charge is -2.26. The van der Waals surface area contributed by atoms with Crippen LogP contribution in [0.5, 0.6) is 5.75 Å². The van der Waals surface area contributed by atoms with Gasteiger partial charge in [0, 0.05) is 13.1 Å². The van der Waals surface area contributed by atoms with E-state index in [4.69, 9.17) is 0 Å². The third-order valence-electron chi connectivity index (χ3n) is 4.55. The third-order valence-corrected chi connectivity index (χ3v) is 4.55. The van der Waals surface area contributed by atoms with Crippen LogP contribution >= 0.6 is 0 Å². The molecule has 0 radical (unpaired) electrons. The molecule has 2 nitrogen and oxygen atoms in total. The molecule has 2 heteroatoms. The zero-order valence-corrected chi connectivity index (χ0v) is 15.6. The van der Waals surface area contributed by atoms with Gasteiger partial charge in [-0.1, -0.05) is 71.4 Å². The first-order valence-electron chi connectivity index (χ1n) is 9.80. The number of hydrogen-bond donors (Lipinski definition) is 1. The Hall–Kier alpha value is -1.18. The smallest absolute Gasteiger partial charge is 0.142 e. The van der Waals surface area contributed by atoms with Gasteiger partial charge in [0.2, 0.25) is 0 Å². The van der Waals surface area contributed by atoms with Crippen LogP contribution in [0, 0.1) is 0 Å². The zero-order chi connectivity index (χ0) is 16.9. The van der Waals surface area contributed by atoms with Gasteiger partial charge in [-0.3, -0.25) is 0 Å². The molecule has 1 aromatic rings. The normalized spacial score (nSPS) is 10.9. The van der Waals surface area contributed by atoms with Crippen LogP contribution in [-0.4, -0.2) is 18.2 Å². The summed E-state index contributed by atoms with van der Waals surface area (Å²) in [7, 11) is 0. The van der Waals surface area contributed by atoms with Crippen LogP contribution in [0.1, 0.15) is 84.1 Å². The minimum atomic E-state index is 0.525. The Morgan fingerprint density at radius 3 is 1.91 bits per heavy atom. The number of phenols is 1. The van der Waals surface area contributed by atoms with Gasteiger partial charge in [-0.25, -0.2) is 0 Å². The zero-order valence-electron chi connectivity index (χ0n) is 15.6. The molecule has 0 bridgehead atoms. The Morgan fingerprint density at radius 2 is 1.35 bits per heavy atom. The van der Waals surface area contributed by atoms with Crippen LogP contribution < -0.4 is 4.90 Å². The number of aromatic hydroxyl groups is 1. The molecule has 0 heterocycles. The van der Waals surface area contributed by atoms with E-state index < -0.39 is 0 Å². The number of para-hydroxylation sites is 1. The molecule has 0 unspecified atom stereocenters. The van der Waals surface area contributed by atoms with E-state index >= 15 is 0 Å². The van der Waals surface area contributed by atoms with Crippen molar-refractivity contribution < 1.29 is 5.11 Å². The van der Waals surface area contributed by atoms with Gasteiger partial charge in [-0.15, -0.1) is 0 Å². The molecule has 0 aliphatic rings. The molecule has 1 aromatic carbocycles. The van der Waals surface area contributed by atoms with Gasteiger partial charge in [-0.05, 0) is 37.3 Å². The number of nitrogens with zero attached hydrogens (tertiary/aromatic N) is 1. The molecular formula is C21H37NO. The van der Waals surface area contributed by atoms with E-state index in [-0.39, 0.29) is 0 Å². The summed E-state index contributed by atoms with van der Waals surface area (Å²) in [6, 6.07) is 6.30. The van der Waals surface area contributed by atoms with Gasteiger partial charge < -0.3 is 10.0 Å². The van der Waals surface area contributed by atoms with Crippen molar-refractivity contribution in [3.05, 3.63) is 23.8 Å². The van der Waals surface area contributed by atoms with Crippen LogP contribution in [0.15, 0.2) is 18.2 Å². The van der Waals surface area contributed by atoms with Crippen molar-refractivity contribution in [1.29, 1.82) is 0 Å². The molecule has 0 aliphatic heterocycles. The molecule has 0 atom stereocenters. The standard InChI is InChI=1S/C21H37NO/c1-4-7-10-14-19-15-13-16-20(21(19)23)22(17-11-8-5-2)18-12-9-6-3/h13,15-16,23H,4-12,14,17-18H2,1-3H3. The van der Waals surface area contributed by atoms with E-state index in [1.54, 1.807) is 0 Å². The van der Waals surface area contributed by atoms with Crippen LogP contribution in [0.4, 0.5) is 5.69 Å². The van der Waals surface area contributed by atoms with Crippen LogP contribution in [0.2, 0.25) is 0 Å². The summed E-state index contributed by atoms with van der Waals surface area (Å²) < 4.78 is 0. The molecule has 0 spiro atoms. The predicted octanol–water partition coefficient (Wildman–Crippen LogP) is 6.31. The van der Waals surface area contributed by atoms with Gasteiger partial charge in [0.1, 0.15) is 5.75 Å². The summed E-state index contributed by atoms with van der Waals surface area (Å²) in [5.41, 5.74) is 2.16. The van der Waals surface area contributed by atoms with Crippen molar-refractivity contribution in [2.75, 3.05) is 18.0 Å². The molecule has 132 valence electrons. The Balaban J connectivity index is 2.79. The number of rotatable bonds is 13. The second kappa shape index (κ2) is 12.3. The Morgan fingerprint density at radius 1 is 0.783 bits per heavy atom. The highest BCUT2D eigenvalue weighted by atomic mass is 16.3. The topological polar surface area (TPSA) is 23.5 Å². The molecule has 0 saturated heterocycles. The number of anilines is 1. The minimum absolute atomic E-state index is 0.525. The summed E-state index contributed by atoms with van der Waals surface area (Å²) in [5, 5.41) is 10.7. The van der Waals surface area contributed by atoms with Crippen molar-refractivity contribution >= 4 is 5.69 Å². The maximum atomic E-state index is 10.7. The van der Waals surface area contributed by atoms with Crippen LogP contribution in [0.3, 0.4) is 0 Å². The molecule has 0 fully saturated rings. The molecule has 1 rings (SSSR count). The minimum Gasteiger partial charge on any atom is -0.505 e. The van der Waals surface area contributed by atoms with E-state index in [9.17, 15) is 5.11 Å². The van der Waals surface area contributed by atoms with Gasteiger partial charge in [-0.2, -0.15) is 0 Å². The predicted molar refractivity (Wildman–Crippen MR) is 103 cm³/mol. The van der Waals surface area contributed by atoms with Crippen molar-refractivity contribution in [3.63, 3.8) is 0 Å². The van der Waals surface area contributed by atoms with Gasteiger partial charge in [0.25, 0.3) is 0 Å². The van der Waals surface area contributed by atoms with Crippen molar-refractivity contribution in [1.82, 2.24) is 0 Å². The fourth-order valence-electron chi connectivity index (χ4n) is 3.06. The number of benzene rings is 1. The highest BCUT2D eigenvalue weighted by molar-refractivity contribution is 5.61. The van der Waals surface area contributed by atoms with Crippen LogP contribution in [0.25, 0.3) is 0 Å². The van der Waals surface area contributed by atoms with Crippen molar-refractivity contribution in [2.24, 2.45) is 0 Å². The summed E-state index contributed by atoms with van der Waals surface area (Å²) >= 11 is 0. The van der Waals surface area contributed by atoms with Crippen molar-refractivity contribution in [2.45, 2.75) is 85.0 Å². The molecule has 0 amide bonds. The average Bonchev–Trinajstić information content (AvgIpc) is 2.56. The monoisotopic (exact) mass is 319 g/mol. The third kappa shape index (κ3) is 7.28. The lowest BCUT2D eigenvalue weighted by atomic mass is 10.0. The van der Waals surface area contributed by atoms with Gasteiger partial charge >= 0.3 is 0 Å². The molecule has 23 heavy (non-hydrogen) atoms. The van der Waals surface area contributed by atoms with E-state index in [1.807, 2.05) is 0 Å². The van der Waals surface area contributed by atoms with Crippen molar-refractivity contribution in [3.8, 4) is 5.75 Å². The Kier molecular flexibility index (Phi) is 10.6. The Labute approximate surface area is 143 Å². The van der Waals surface area contributed by atoms with Crippen LogP contribution in [-0.2, 0) is 6.42 Å². The highest BCUT2D eigenvalue weighted by Crippen LogP contribution is 2.32. The lowest BCUT2D eigenvalue weighted by molar-refractivity contribution is 0.464. The molecular weight excluding hydrogens is 282 g/mol. The van der Waals surface area contributed by atoms with E-state index in [2.05, 4.69) is 43.9 Å². The Bertz CT molecular complexity index is 406. The van der Waals surface area contributed by atoms with Gasteiger partial charge in [0.15, 0.2) is 0 Å². The maximum absolute atomic E-state index is 10.7. The number of unbranched alkanes of at least 4 members (excludes halogenated alkanes) is 6. The second-order valence-corrected chi connectivity index (χ2v) is 6.64. The van der Waals surface area contributed by atoms with E-state index in [0.717, 1.165) is 30.8 Å². The molecule has 1 N–H and O–H groups in total. The maximum Gasteiger partial charge on any atom is 0.142 e. The first-order chi connectivity index (χ1) is 11.2. The first kappa shape index (κ1) is 19.9. The first-order valence-corrected chi connectivity index (χ1v) is 9.80. The molecule has 0 saturated carbocycles. The lowest BCUT2D eigenvalue weighted by Crippen LogP contribution is -2.26. The summed E-state index contributed by atoms with van der Waals surface area (Å²) in [6.45, 7) is 8.83. The van der Waals surface area contributed by atoms with Gasteiger partial charge in [0.05, 0.1) is 5.69 Å². The molecule has 0 aliphatic carbocycles. The largest absolute Gasteiger partial charge is 0.505 e. The van der Waals surface area contributed by atoms with E-state index in [1.165, 1.54) is 57.8 Å². The SMILES string of the molecule is CCCCCc1cccc(N(CCCCC)CCCCC)c1O. The fourth-order valence-corrected chi connectivity index (χ4v) is 3.06. The van der Waals surface area contributed by atoms with E-state index in [0.29, 0.717) is 5.75 Å². The second-order valence-electron chi connectivity index (χ2n) is 6.64.